The summed E-state index contributed by atoms with van der Waals surface area (Å²) in [5.41, 5.74) is 2.42. The summed E-state index contributed by atoms with van der Waals surface area (Å²) in [6.07, 6.45) is 10.6. The lowest BCUT2D eigenvalue weighted by Crippen LogP contribution is -2.29. The average Bonchev–Trinajstić information content (AvgIpc) is 3.22. The quantitative estimate of drug-likeness (QED) is 0.722. The second kappa shape index (κ2) is 5.42. The molecular formula is C16H16N6O. The average molecular weight is 308 g/mol. The molecule has 1 aliphatic heterocycles. The summed E-state index contributed by atoms with van der Waals surface area (Å²) in [5, 5.41) is 0. The van der Waals surface area contributed by atoms with Crippen LogP contribution in [0.15, 0.2) is 37.1 Å². The van der Waals surface area contributed by atoms with Crippen LogP contribution in [0.4, 0.5) is 0 Å². The van der Waals surface area contributed by atoms with Crippen molar-refractivity contribution in [2.75, 3.05) is 6.54 Å². The van der Waals surface area contributed by atoms with Crippen LogP contribution in [0.5, 0.6) is 0 Å². The van der Waals surface area contributed by atoms with Crippen LogP contribution in [0.2, 0.25) is 0 Å². The topological polar surface area (TPSA) is 76.3 Å². The normalized spacial score (nSPS) is 17.8. The largest absolute Gasteiger partial charge is 0.334 e. The van der Waals surface area contributed by atoms with Gasteiger partial charge < -0.3 is 4.90 Å². The molecule has 0 aliphatic carbocycles. The molecule has 0 aromatic carbocycles. The number of amides is 1. The van der Waals surface area contributed by atoms with E-state index < -0.39 is 0 Å². The van der Waals surface area contributed by atoms with Gasteiger partial charge in [0.25, 0.3) is 0 Å². The van der Waals surface area contributed by atoms with E-state index in [1.165, 1.54) is 0 Å². The molecule has 0 N–H and O–H groups in total. The Balaban J connectivity index is 1.86. The van der Waals surface area contributed by atoms with Crippen LogP contribution in [0.1, 0.15) is 31.5 Å². The smallest absolute Gasteiger partial charge is 0.234 e. The Labute approximate surface area is 133 Å². The van der Waals surface area contributed by atoms with Gasteiger partial charge in [0.05, 0.1) is 23.6 Å². The highest BCUT2D eigenvalue weighted by atomic mass is 16.2. The molecule has 1 unspecified atom stereocenters. The third-order valence-corrected chi connectivity index (χ3v) is 4.23. The Morgan fingerprint density at radius 1 is 1.17 bits per heavy atom. The van der Waals surface area contributed by atoms with Crippen molar-refractivity contribution in [1.82, 2.24) is 29.2 Å². The highest BCUT2D eigenvalue weighted by molar-refractivity contribution is 5.74. The summed E-state index contributed by atoms with van der Waals surface area (Å²) in [7, 11) is 0. The van der Waals surface area contributed by atoms with Crippen LogP contribution in [-0.4, -0.2) is 41.7 Å². The van der Waals surface area contributed by atoms with Gasteiger partial charge in [0.2, 0.25) is 11.7 Å². The summed E-state index contributed by atoms with van der Waals surface area (Å²) >= 11 is 0. The van der Waals surface area contributed by atoms with E-state index in [1.807, 2.05) is 21.6 Å². The van der Waals surface area contributed by atoms with E-state index in [2.05, 4.69) is 19.9 Å². The van der Waals surface area contributed by atoms with E-state index in [-0.39, 0.29) is 11.9 Å². The monoisotopic (exact) mass is 308 g/mol. The summed E-state index contributed by atoms with van der Waals surface area (Å²) < 4.78 is 1.89. The predicted molar refractivity (Wildman–Crippen MR) is 83.4 cm³/mol. The highest BCUT2D eigenvalue weighted by Gasteiger charge is 2.31. The Bertz CT molecular complexity index is 874. The molecule has 23 heavy (non-hydrogen) atoms. The van der Waals surface area contributed by atoms with E-state index >= 15 is 0 Å². The molecule has 7 heteroatoms. The Kier molecular flexibility index (Phi) is 3.25. The molecule has 1 fully saturated rings. The molecule has 4 rings (SSSR count). The number of hydrogen-bond acceptors (Lipinski definition) is 5. The molecule has 1 atom stereocenters. The van der Waals surface area contributed by atoms with Gasteiger partial charge in [-0.25, -0.2) is 9.97 Å². The second-order valence-electron chi connectivity index (χ2n) is 5.59. The van der Waals surface area contributed by atoms with Crippen molar-refractivity contribution in [2.24, 2.45) is 0 Å². The van der Waals surface area contributed by atoms with Gasteiger partial charge in [-0.1, -0.05) is 0 Å². The van der Waals surface area contributed by atoms with Gasteiger partial charge in [-0.3, -0.25) is 19.2 Å². The first-order valence-electron chi connectivity index (χ1n) is 7.62. The van der Waals surface area contributed by atoms with E-state index in [4.69, 9.17) is 0 Å². The Hall–Kier alpha value is -2.83. The molecule has 0 bridgehead atoms. The number of rotatable bonds is 2. The number of carbonyl (C=O) groups excluding carboxylic acids is 1. The summed E-state index contributed by atoms with van der Waals surface area (Å²) in [6.45, 7) is 2.37. The molecule has 116 valence electrons. The Morgan fingerprint density at radius 3 is 2.91 bits per heavy atom. The Morgan fingerprint density at radius 2 is 2.04 bits per heavy atom. The number of nitrogens with zero attached hydrogens (tertiary/aromatic N) is 6. The fourth-order valence-electron chi connectivity index (χ4n) is 3.22. The fourth-order valence-corrected chi connectivity index (χ4v) is 3.22. The number of aromatic nitrogens is 5. The summed E-state index contributed by atoms with van der Waals surface area (Å²) in [6, 6.07) is 1.82. The van der Waals surface area contributed by atoms with E-state index in [1.54, 1.807) is 31.7 Å². The first-order valence-corrected chi connectivity index (χ1v) is 7.62. The predicted octanol–water partition coefficient (Wildman–Crippen LogP) is 1.87. The molecule has 1 saturated heterocycles. The third kappa shape index (κ3) is 2.25. The number of carbonyl (C=O) groups is 1. The summed E-state index contributed by atoms with van der Waals surface area (Å²) in [4.78, 5) is 31.4. The van der Waals surface area contributed by atoms with E-state index in [0.29, 0.717) is 5.78 Å². The maximum absolute atomic E-state index is 11.9. The number of imidazole rings is 1. The van der Waals surface area contributed by atoms with Gasteiger partial charge in [0.15, 0.2) is 0 Å². The molecule has 0 saturated carbocycles. The lowest BCUT2D eigenvalue weighted by atomic mass is 10.1. The number of hydrogen-bond donors (Lipinski definition) is 0. The van der Waals surface area contributed by atoms with Crippen molar-refractivity contribution in [3.05, 3.63) is 42.7 Å². The van der Waals surface area contributed by atoms with Gasteiger partial charge in [-0.05, 0) is 18.9 Å². The maximum atomic E-state index is 11.9. The lowest BCUT2D eigenvalue weighted by molar-refractivity contribution is -0.129. The van der Waals surface area contributed by atoms with Crippen molar-refractivity contribution in [3.8, 4) is 11.4 Å². The molecule has 0 radical (unpaired) electrons. The molecule has 4 heterocycles. The van der Waals surface area contributed by atoms with Crippen LogP contribution in [0.3, 0.4) is 0 Å². The van der Waals surface area contributed by atoms with Crippen LogP contribution in [-0.2, 0) is 4.79 Å². The van der Waals surface area contributed by atoms with Crippen molar-refractivity contribution >= 4 is 11.7 Å². The molecule has 1 amide bonds. The number of fused-ring (bicyclic) bond motifs is 1. The van der Waals surface area contributed by atoms with Gasteiger partial charge in [0.1, 0.15) is 5.69 Å². The fraction of sp³-hybridized carbons (Fsp3) is 0.312. The first-order chi connectivity index (χ1) is 11.3. The minimum absolute atomic E-state index is 0.0292. The zero-order valence-electron chi connectivity index (χ0n) is 12.8. The third-order valence-electron chi connectivity index (χ3n) is 4.23. The second-order valence-corrected chi connectivity index (χ2v) is 5.59. The standard InChI is InChI=1S/C16H16N6O/c1-11(23)21-8-2-4-12(21)14-15(18-7-6-17-14)13-10-20-16-19-5-3-9-22(13)16/h3,5-7,9-10,12H,2,4,8H2,1H3. The highest BCUT2D eigenvalue weighted by Crippen LogP contribution is 2.35. The van der Waals surface area contributed by atoms with Crippen LogP contribution >= 0.6 is 0 Å². The van der Waals surface area contributed by atoms with Crippen molar-refractivity contribution in [2.45, 2.75) is 25.8 Å². The van der Waals surface area contributed by atoms with Crippen molar-refractivity contribution < 1.29 is 4.79 Å². The van der Waals surface area contributed by atoms with Gasteiger partial charge in [-0.15, -0.1) is 0 Å². The number of likely N-dealkylation sites (tertiary alicyclic amines) is 1. The molecule has 7 nitrogen and oxygen atoms in total. The molecule has 3 aromatic heterocycles. The van der Waals surface area contributed by atoms with Crippen LogP contribution in [0.25, 0.3) is 17.2 Å². The minimum Gasteiger partial charge on any atom is -0.334 e. The van der Waals surface area contributed by atoms with Crippen molar-refractivity contribution in [1.29, 1.82) is 0 Å². The first kappa shape index (κ1) is 13.8. The molecule has 0 spiro atoms. The van der Waals surface area contributed by atoms with E-state index in [0.717, 1.165) is 36.5 Å². The lowest BCUT2D eigenvalue weighted by Gasteiger charge is -2.24. The van der Waals surface area contributed by atoms with Gasteiger partial charge >= 0.3 is 0 Å². The van der Waals surface area contributed by atoms with Crippen molar-refractivity contribution in [3.63, 3.8) is 0 Å². The van der Waals surface area contributed by atoms with Gasteiger partial charge in [0, 0.05) is 38.3 Å². The molecule has 3 aromatic rings. The minimum atomic E-state index is -0.0292. The zero-order chi connectivity index (χ0) is 15.8. The summed E-state index contributed by atoms with van der Waals surface area (Å²) in [5.74, 6) is 0.692. The molecular weight excluding hydrogens is 292 g/mol. The van der Waals surface area contributed by atoms with E-state index in [9.17, 15) is 4.79 Å². The SMILES string of the molecule is CC(=O)N1CCCC1c1nccnc1-c1cnc2ncccn12. The zero-order valence-corrected chi connectivity index (χ0v) is 12.8. The van der Waals surface area contributed by atoms with Crippen LogP contribution < -0.4 is 0 Å². The molecule has 1 aliphatic rings. The maximum Gasteiger partial charge on any atom is 0.234 e. The van der Waals surface area contributed by atoms with Gasteiger partial charge in [-0.2, -0.15) is 0 Å². The van der Waals surface area contributed by atoms with Crippen LogP contribution in [0, 0.1) is 0 Å².